The van der Waals surface area contributed by atoms with Gasteiger partial charge in [0.15, 0.2) is 0 Å². The molecular weight excluding hydrogens is 424 g/mol. The number of fused-ring (bicyclic) bond motifs is 2. The summed E-state index contributed by atoms with van der Waals surface area (Å²) in [6.45, 7) is 13.7. The highest BCUT2D eigenvalue weighted by molar-refractivity contribution is 5.71. The number of carboxylic acids is 1. The Kier molecular flexibility index (Phi) is 6.72. The molecule has 0 aromatic rings. The highest BCUT2D eigenvalue weighted by Crippen LogP contribution is 2.87. The van der Waals surface area contributed by atoms with Crippen molar-refractivity contribution in [3.63, 3.8) is 0 Å². The van der Waals surface area contributed by atoms with Crippen LogP contribution in [-0.4, -0.2) is 29.1 Å². The Labute approximate surface area is 206 Å². The van der Waals surface area contributed by atoms with Crippen molar-refractivity contribution in [2.45, 2.75) is 98.3 Å². The molecule has 0 amide bonds. The molecule has 4 heteroatoms. The average Bonchev–Trinajstić information content (AvgIpc) is 3.40. The van der Waals surface area contributed by atoms with Crippen LogP contribution in [0.1, 0.15) is 98.3 Å². The zero-order valence-electron chi connectivity index (χ0n) is 21.9. The molecule has 4 aliphatic rings. The molecule has 4 saturated carbocycles. The second-order valence-electron chi connectivity index (χ2n) is 13.0. The first-order valence-electron chi connectivity index (χ1n) is 13.6. The normalized spacial score (nSPS) is 43.9. The van der Waals surface area contributed by atoms with Crippen LogP contribution in [0.5, 0.6) is 0 Å². The molecule has 0 saturated heterocycles. The topological polar surface area (TPSA) is 74.6 Å². The molecule has 34 heavy (non-hydrogen) atoms. The molecule has 4 aliphatic carbocycles. The van der Waals surface area contributed by atoms with E-state index < -0.39 is 5.97 Å². The lowest BCUT2D eigenvalue weighted by atomic mass is 9.43. The molecule has 4 nitrogen and oxygen atoms in total. The van der Waals surface area contributed by atoms with Gasteiger partial charge in [0, 0.05) is 6.42 Å². The van der Waals surface area contributed by atoms with Gasteiger partial charge in [-0.2, -0.15) is 0 Å². The van der Waals surface area contributed by atoms with E-state index >= 15 is 0 Å². The van der Waals surface area contributed by atoms with Crippen LogP contribution in [0.3, 0.4) is 0 Å². The smallest absolute Gasteiger partial charge is 0.303 e. The number of hydrogen-bond donors (Lipinski definition) is 2. The summed E-state index contributed by atoms with van der Waals surface area (Å²) in [7, 11) is 0. The molecule has 0 heterocycles. The molecule has 4 rings (SSSR count). The summed E-state index contributed by atoms with van der Waals surface area (Å²) in [6.07, 6.45) is 14.5. The quantitative estimate of drug-likeness (QED) is 0.215. The molecule has 0 radical (unpaired) electrons. The van der Waals surface area contributed by atoms with Crippen LogP contribution in [-0.2, 0) is 9.59 Å². The van der Waals surface area contributed by atoms with Crippen molar-refractivity contribution in [3.05, 3.63) is 23.8 Å². The number of aliphatic carboxylic acids is 1. The van der Waals surface area contributed by atoms with Gasteiger partial charge in [0.25, 0.3) is 0 Å². The summed E-state index contributed by atoms with van der Waals surface area (Å²) in [5, 5.41) is 19.4. The Hall–Kier alpha value is -1.42. The molecule has 0 aromatic carbocycles. The van der Waals surface area contributed by atoms with Gasteiger partial charge in [-0.25, -0.2) is 0 Å². The predicted molar refractivity (Wildman–Crippen MR) is 135 cm³/mol. The first kappa shape index (κ1) is 25.7. The first-order chi connectivity index (χ1) is 16.0. The number of carboxylic acid groups (broad SMARTS) is 1. The summed E-state index contributed by atoms with van der Waals surface area (Å²) in [4.78, 5) is 22.5. The standard InChI is InChI=1S/C30H46O4/c1-20(17-31)7-6-8-21(2)23-11-13-28(5)25-10-9-24(22(3)18-32)29(14-12-26(33)34)19-30(25,29)16-15-27(23,28)4/h7,17,21,23-25,32H,3,6,8-16,18-19H2,1-2,4-5H3,(H,33,34)/t21-,23-,24+,25+,27-,28+,29-,30+/m1/s1. The number of rotatable bonds is 10. The lowest BCUT2D eigenvalue weighted by Crippen LogP contribution is -2.54. The van der Waals surface area contributed by atoms with Crippen molar-refractivity contribution >= 4 is 12.3 Å². The maximum Gasteiger partial charge on any atom is 0.303 e. The summed E-state index contributed by atoms with van der Waals surface area (Å²) < 4.78 is 0. The van der Waals surface area contributed by atoms with Gasteiger partial charge in [0.2, 0.25) is 0 Å². The fraction of sp³-hybridized carbons (Fsp3) is 0.800. The molecule has 4 fully saturated rings. The van der Waals surface area contributed by atoms with E-state index in [1.807, 2.05) is 6.92 Å². The van der Waals surface area contributed by atoms with Crippen molar-refractivity contribution < 1.29 is 19.8 Å². The van der Waals surface area contributed by atoms with E-state index in [1.165, 1.54) is 32.1 Å². The van der Waals surface area contributed by atoms with Crippen LogP contribution < -0.4 is 0 Å². The van der Waals surface area contributed by atoms with Crippen LogP contribution in [0, 0.1) is 45.3 Å². The number of allylic oxidation sites excluding steroid dienone is 2. The number of carbonyl (C=O) groups excluding carboxylic acids is 1. The number of aliphatic hydroxyl groups excluding tert-OH is 1. The maximum absolute atomic E-state index is 11.6. The average molecular weight is 471 g/mol. The summed E-state index contributed by atoms with van der Waals surface area (Å²) in [5.74, 6) is 1.55. The second kappa shape index (κ2) is 8.91. The number of aliphatic hydroxyl groups is 1. The lowest BCUT2D eigenvalue weighted by Gasteiger charge is -2.61. The fourth-order valence-corrected chi connectivity index (χ4v) is 10.1. The van der Waals surface area contributed by atoms with Crippen molar-refractivity contribution in [1.82, 2.24) is 0 Å². The molecular formula is C30H46O4. The van der Waals surface area contributed by atoms with Gasteiger partial charge in [-0.3, -0.25) is 9.59 Å². The number of carbonyl (C=O) groups is 2. The zero-order valence-corrected chi connectivity index (χ0v) is 21.9. The molecule has 0 unspecified atom stereocenters. The van der Waals surface area contributed by atoms with Crippen LogP contribution in [0.2, 0.25) is 0 Å². The third kappa shape index (κ3) is 3.57. The van der Waals surface area contributed by atoms with E-state index in [4.69, 9.17) is 0 Å². The van der Waals surface area contributed by atoms with E-state index in [2.05, 4.69) is 33.4 Å². The monoisotopic (exact) mass is 470 g/mol. The highest BCUT2D eigenvalue weighted by Gasteiger charge is 2.80. The second-order valence-corrected chi connectivity index (χ2v) is 13.0. The molecule has 190 valence electrons. The van der Waals surface area contributed by atoms with Crippen molar-refractivity contribution in [2.24, 2.45) is 45.3 Å². The molecule has 0 bridgehead atoms. The first-order valence-corrected chi connectivity index (χ1v) is 13.6. The third-order valence-electron chi connectivity index (χ3n) is 12.0. The van der Waals surface area contributed by atoms with Gasteiger partial charge in [-0.1, -0.05) is 33.4 Å². The van der Waals surface area contributed by atoms with Crippen molar-refractivity contribution in [1.29, 1.82) is 0 Å². The predicted octanol–water partition coefficient (Wildman–Crippen LogP) is 6.58. The maximum atomic E-state index is 11.6. The van der Waals surface area contributed by atoms with E-state index in [9.17, 15) is 19.8 Å². The Balaban J connectivity index is 1.59. The van der Waals surface area contributed by atoms with Crippen LogP contribution >= 0.6 is 0 Å². The largest absolute Gasteiger partial charge is 0.481 e. The molecule has 8 atom stereocenters. The van der Waals surface area contributed by atoms with Gasteiger partial charge in [-0.15, -0.1) is 0 Å². The van der Waals surface area contributed by atoms with E-state index in [0.717, 1.165) is 49.5 Å². The third-order valence-corrected chi connectivity index (χ3v) is 12.0. The van der Waals surface area contributed by atoms with Crippen LogP contribution in [0.25, 0.3) is 0 Å². The molecule has 1 spiro atoms. The molecule has 0 aromatic heterocycles. The van der Waals surface area contributed by atoms with Gasteiger partial charge in [0.1, 0.15) is 6.29 Å². The van der Waals surface area contributed by atoms with Crippen molar-refractivity contribution in [2.75, 3.05) is 6.61 Å². The number of aldehydes is 1. The van der Waals surface area contributed by atoms with E-state index in [0.29, 0.717) is 23.2 Å². The Morgan fingerprint density at radius 1 is 1.15 bits per heavy atom. The van der Waals surface area contributed by atoms with Gasteiger partial charge in [-0.05, 0) is 128 Å². The van der Waals surface area contributed by atoms with E-state index in [-0.39, 0.29) is 35.2 Å². The lowest BCUT2D eigenvalue weighted by molar-refractivity contribution is -0.139. The number of hydrogen-bond acceptors (Lipinski definition) is 3. The van der Waals surface area contributed by atoms with Gasteiger partial charge >= 0.3 is 5.97 Å². The summed E-state index contributed by atoms with van der Waals surface area (Å²) >= 11 is 0. The fourth-order valence-electron chi connectivity index (χ4n) is 10.1. The molecule has 2 N–H and O–H groups in total. The minimum atomic E-state index is -0.701. The Morgan fingerprint density at radius 3 is 2.53 bits per heavy atom. The minimum absolute atomic E-state index is 0.0207. The SMILES string of the molecule is C=C(CO)[C@@H]1CC[C@@H]2[C@]3(CC[C@]4(C)[C@@H]([C@H](C)CCC=C(C)C=O)CC[C@@]24C)C[C@]13CCC(=O)O. The van der Waals surface area contributed by atoms with Crippen LogP contribution in [0.4, 0.5) is 0 Å². The Bertz CT molecular complexity index is 875. The highest BCUT2D eigenvalue weighted by atomic mass is 16.4. The minimum Gasteiger partial charge on any atom is -0.481 e. The van der Waals surface area contributed by atoms with E-state index in [1.54, 1.807) is 0 Å². The zero-order chi connectivity index (χ0) is 24.9. The summed E-state index contributed by atoms with van der Waals surface area (Å²) in [6, 6.07) is 0. The van der Waals surface area contributed by atoms with Gasteiger partial charge in [0.05, 0.1) is 6.61 Å². The van der Waals surface area contributed by atoms with Crippen molar-refractivity contribution in [3.8, 4) is 0 Å². The van der Waals surface area contributed by atoms with Gasteiger partial charge < -0.3 is 10.2 Å². The Morgan fingerprint density at radius 2 is 1.88 bits per heavy atom. The van der Waals surface area contributed by atoms with Crippen LogP contribution in [0.15, 0.2) is 23.8 Å². The summed E-state index contributed by atoms with van der Waals surface area (Å²) in [5.41, 5.74) is 2.62. The molecule has 0 aliphatic heterocycles.